The van der Waals surface area contributed by atoms with Crippen molar-refractivity contribution in [1.29, 1.82) is 0 Å². The first-order valence-corrected chi connectivity index (χ1v) is 19.0. The van der Waals surface area contributed by atoms with Crippen LogP contribution in [0, 0.1) is 0 Å². The number of rotatable bonds is 8. The SMILES string of the molecule is N/C(=C\C(N=Cc1ccc(-n2c3ccccc3c3cc(-n4c5ccccc5c5ccccc54)ccc32)cc1)c1cccc(-c2ccccc2)c1)c1ccccc1. The number of benzene rings is 8. The van der Waals surface area contributed by atoms with Crippen LogP contribution in [0.1, 0.15) is 22.7 Å². The van der Waals surface area contributed by atoms with E-state index >= 15 is 0 Å². The third kappa shape index (κ3) is 5.94. The molecule has 266 valence electrons. The molecule has 4 heteroatoms. The van der Waals surface area contributed by atoms with Gasteiger partial charge in [0, 0.05) is 44.8 Å². The van der Waals surface area contributed by atoms with Gasteiger partial charge in [0.05, 0.1) is 28.1 Å². The summed E-state index contributed by atoms with van der Waals surface area (Å²) in [5.41, 5.74) is 19.7. The van der Waals surface area contributed by atoms with Crippen LogP contribution in [0.15, 0.2) is 211 Å². The molecule has 1 unspecified atom stereocenters. The minimum atomic E-state index is -0.278. The van der Waals surface area contributed by atoms with Crippen LogP contribution in [-0.4, -0.2) is 15.3 Å². The Morgan fingerprint density at radius 2 is 0.964 bits per heavy atom. The summed E-state index contributed by atoms with van der Waals surface area (Å²) in [7, 11) is 0. The topological polar surface area (TPSA) is 48.2 Å². The Kier molecular flexibility index (Phi) is 8.34. The van der Waals surface area contributed by atoms with Crippen LogP contribution in [0.25, 0.3) is 71.8 Å². The Labute approximate surface area is 325 Å². The van der Waals surface area contributed by atoms with Gasteiger partial charge in [0.15, 0.2) is 0 Å². The zero-order chi connectivity index (χ0) is 37.4. The quantitative estimate of drug-likeness (QED) is 0.156. The molecule has 1 atom stereocenters. The number of aromatic nitrogens is 2. The fourth-order valence-electron chi connectivity index (χ4n) is 8.11. The van der Waals surface area contributed by atoms with Crippen molar-refractivity contribution in [3.63, 3.8) is 0 Å². The van der Waals surface area contributed by atoms with E-state index in [2.05, 4.69) is 179 Å². The minimum absolute atomic E-state index is 0.278. The molecule has 8 aromatic carbocycles. The number of nitrogens with zero attached hydrogens (tertiary/aromatic N) is 3. The molecule has 0 bridgehead atoms. The Hall–Kier alpha value is -7.43. The normalized spacial score (nSPS) is 12.7. The maximum absolute atomic E-state index is 6.69. The highest BCUT2D eigenvalue weighted by Gasteiger charge is 2.16. The fraction of sp³-hybridized carbons (Fsp3) is 0.0192. The van der Waals surface area contributed by atoms with Crippen LogP contribution < -0.4 is 5.73 Å². The maximum Gasteiger partial charge on any atom is 0.0953 e. The first-order chi connectivity index (χ1) is 27.7. The third-order valence-electron chi connectivity index (χ3n) is 10.8. The van der Waals surface area contributed by atoms with Crippen molar-refractivity contribution in [1.82, 2.24) is 9.13 Å². The molecule has 4 nitrogen and oxygen atoms in total. The smallest absolute Gasteiger partial charge is 0.0953 e. The van der Waals surface area contributed by atoms with Crippen molar-refractivity contribution in [3.05, 3.63) is 223 Å². The highest BCUT2D eigenvalue weighted by atomic mass is 15.0. The van der Waals surface area contributed by atoms with E-state index in [1.807, 2.05) is 42.6 Å². The molecule has 2 aromatic heterocycles. The highest BCUT2D eigenvalue weighted by molar-refractivity contribution is 6.12. The van der Waals surface area contributed by atoms with Crippen molar-refractivity contribution in [3.8, 4) is 22.5 Å². The van der Waals surface area contributed by atoms with Crippen molar-refractivity contribution in [2.45, 2.75) is 6.04 Å². The standard InChI is InChI=1S/C52H38N4/c53-47(38-16-5-2-6-17-38)34-48(40-19-13-18-39(32-40)37-14-3-1-4-15-37)54-35-36-26-28-41(29-27-36)55-51-25-12-9-22-45(51)46-33-42(30-31-52(46)55)56-49-23-10-7-20-43(49)44-21-8-11-24-50(44)56/h1-35,48H,53H2/b47-34-,54-35?. The summed E-state index contributed by atoms with van der Waals surface area (Å²) in [4.78, 5) is 5.14. The fourth-order valence-corrected chi connectivity index (χ4v) is 8.11. The van der Waals surface area contributed by atoms with Gasteiger partial charge >= 0.3 is 0 Å². The number of hydrogen-bond donors (Lipinski definition) is 1. The molecule has 0 aliphatic rings. The van der Waals surface area contributed by atoms with E-state index < -0.39 is 0 Å². The Morgan fingerprint density at radius 1 is 0.446 bits per heavy atom. The molecule has 0 spiro atoms. The van der Waals surface area contributed by atoms with E-state index in [-0.39, 0.29) is 6.04 Å². The highest BCUT2D eigenvalue weighted by Crippen LogP contribution is 2.37. The van der Waals surface area contributed by atoms with Gasteiger partial charge in [-0.2, -0.15) is 0 Å². The summed E-state index contributed by atoms with van der Waals surface area (Å²) in [5, 5.41) is 4.96. The van der Waals surface area contributed by atoms with Crippen LogP contribution in [0.5, 0.6) is 0 Å². The molecule has 56 heavy (non-hydrogen) atoms. The Balaban J connectivity index is 1.02. The second-order valence-electron chi connectivity index (χ2n) is 14.2. The second kappa shape index (κ2) is 14.1. The molecule has 0 amide bonds. The Bertz CT molecular complexity index is 3020. The average molecular weight is 719 g/mol. The van der Waals surface area contributed by atoms with Gasteiger partial charge in [0.2, 0.25) is 0 Å². The van der Waals surface area contributed by atoms with Gasteiger partial charge in [-0.15, -0.1) is 0 Å². The van der Waals surface area contributed by atoms with Crippen LogP contribution in [0.4, 0.5) is 0 Å². The number of nitrogens with two attached hydrogens (primary N) is 1. The van der Waals surface area contributed by atoms with E-state index in [1.165, 1.54) is 43.7 Å². The summed E-state index contributed by atoms with van der Waals surface area (Å²) >= 11 is 0. The molecule has 2 heterocycles. The largest absolute Gasteiger partial charge is 0.398 e. The van der Waals surface area contributed by atoms with E-state index in [0.717, 1.165) is 39.1 Å². The first-order valence-electron chi connectivity index (χ1n) is 19.0. The number of hydrogen-bond acceptors (Lipinski definition) is 2. The lowest BCUT2D eigenvalue weighted by Gasteiger charge is -2.13. The molecular formula is C52H38N4. The van der Waals surface area contributed by atoms with Crippen LogP contribution >= 0.6 is 0 Å². The lowest BCUT2D eigenvalue weighted by molar-refractivity contribution is 0.918. The zero-order valence-corrected chi connectivity index (χ0v) is 30.7. The molecule has 0 aliphatic heterocycles. The molecule has 0 aliphatic carbocycles. The summed E-state index contributed by atoms with van der Waals surface area (Å²) in [6.07, 6.45) is 4.01. The van der Waals surface area contributed by atoms with Crippen molar-refractivity contribution in [2.75, 3.05) is 0 Å². The molecule has 10 rings (SSSR count). The summed E-state index contributed by atoms with van der Waals surface area (Å²) in [6, 6.07) is 70.4. The van der Waals surface area contributed by atoms with Crippen molar-refractivity contribution < 1.29 is 0 Å². The van der Waals surface area contributed by atoms with E-state index in [1.54, 1.807) is 0 Å². The zero-order valence-electron chi connectivity index (χ0n) is 30.7. The second-order valence-corrected chi connectivity index (χ2v) is 14.2. The molecule has 2 N–H and O–H groups in total. The average Bonchev–Trinajstić information content (AvgIpc) is 3.78. The van der Waals surface area contributed by atoms with Crippen LogP contribution in [0.2, 0.25) is 0 Å². The van der Waals surface area contributed by atoms with Crippen molar-refractivity contribution >= 4 is 55.5 Å². The van der Waals surface area contributed by atoms with Gasteiger partial charge < -0.3 is 14.9 Å². The lowest BCUT2D eigenvalue weighted by atomic mass is 9.98. The number of aliphatic imine (C=N–C) groups is 1. The van der Waals surface area contributed by atoms with Gasteiger partial charge in [-0.1, -0.05) is 146 Å². The summed E-state index contributed by atoms with van der Waals surface area (Å²) < 4.78 is 4.75. The molecule has 0 radical (unpaired) electrons. The molecule has 0 fully saturated rings. The van der Waals surface area contributed by atoms with Gasteiger partial charge in [-0.05, 0) is 88.5 Å². The summed E-state index contributed by atoms with van der Waals surface area (Å²) in [5.74, 6) is 0. The molecule has 0 saturated heterocycles. The Morgan fingerprint density at radius 3 is 1.62 bits per heavy atom. The maximum atomic E-state index is 6.69. The van der Waals surface area contributed by atoms with E-state index in [0.29, 0.717) is 5.70 Å². The van der Waals surface area contributed by atoms with Gasteiger partial charge in [0.1, 0.15) is 0 Å². The van der Waals surface area contributed by atoms with Crippen LogP contribution in [0.3, 0.4) is 0 Å². The molecular weight excluding hydrogens is 681 g/mol. The monoisotopic (exact) mass is 718 g/mol. The minimum Gasteiger partial charge on any atom is -0.398 e. The number of para-hydroxylation sites is 3. The summed E-state index contributed by atoms with van der Waals surface area (Å²) in [6.45, 7) is 0. The van der Waals surface area contributed by atoms with Gasteiger partial charge in [-0.3, -0.25) is 4.99 Å². The predicted octanol–water partition coefficient (Wildman–Crippen LogP) is 12.7. The van der Waals surface area contributed by atoms with Crippen molar-refractivity contribution in [2.24, 2.45) is 10.7 Å². The lowest BCUT2D eigenvalue weighted by Crippen LogP contribution is -2.01. The first kappa shape index (κ1) is 33.2. The van der Waals surface area contributed by atoms with Gasteiger partial charge in [-0.25, -0.2) is 0 Å². The number of fused-ring (bicyclic) bond motifs is 6. The third-order valence-corrected chi connectivity index (χ3v) is 10.8. The van der Waals surface area contributed by atoms with Crippen LogP contribution in [-0.2, 0) is 0 Å². The van der Waals surface area contributed by atoms with E-state index in [4.69, 9.17) is 10.7 Å². The predicted molar refractivity (Wildman–Crippen MR) is 236 cm³/mol. The van der Waals surface area contributed by atoms with E-state index in [9.17, 15) is 0 Å². The molecule has 0 saturated carbocycles. The van der Waals surface area contributed by atoms with Gasteiger partial charge in [0.25, 0.3) is 0 Å². The molecule has 10 aromatic rings.